The average Bonchev–Trinajstić information content (AvgIpc) is 2.44. The molecule has 2 bridgehead atoms. The van der Waals surface area contributed by atoms with E-state index in [4.69, 9.17) is 10.5 Å². The van der Waals surface area contributed by atoms with Crippen molar-refractivity contribution in [3.63, 3.8) is 0 Å². The molecule has 1 saturated carbocycles. The molecule has 2 rings (SSSR count). The highest BCUT2D eigenvalue weighted by molar-refractivity contribution is 5.96. The summed E-state index contributed by atoms with van der Waals surface area (Å²) in [6.45, 7) is 5.38. The van der Waals surface area contributed by atoms with Crippen molar-refractivity contribution in [2.75, 3.05) is 0 Å². The summed E-state index contributed by atoms with van der Waals surface area (Å²) >= 11 is 0. The number of carbonyl (C=O) groups is 2. The van der Waals surface area contributed by atoms with Crippen LogP contribution < -0.4 is 5.73 Å². The van der Waals surface area contributed by atoms with E-state index in [1.54, 1.807) is 20.8 Å². The second-order valence-electron chi connectivity index (χ2n) is 5.93. The van der Waals surface area contributed by atoms with Crippen LogP contribution >= 0.6 is 0 Å². The standard InChI is InChI=1S/C12H20N2O3/c1-12(2,3)17-11(16)14-7-4-5-9(13)8(6-7)10(14)15/h7-9H,4-6,13H2,1-3H3/t7-,8-,9+/m1/s1. The van der Waals surface area contributed by atoms with Crippen LogP contribution in [-0.4, -0.2) is 34.6 Å². The summed E-state index contributed by atoms with van der Waals surface area (Å²) in [6.07, 6.45) is 1.77. The average molecular weight is 240 g/mol. The molecule has 5 nitrogen and oxygen atoms in total. The van der Waals surface area contributed by atoms with E-state index in [0.29, 0.717) is 6.42 Å². The molecule has 2 fully saturated rings. The first-order valence-electron chi connectivity index (χ1n) is 6.11. The van der Waals surface area contributed by atoms with Gasteiger partial charge in [0.05, 0.1) is 5.92 Å². The lowest BCUT2D eigenvalue weighted by atomic mass is 9.86. The zero-order valence-electron chi connectivity index (χ0n) is 10.6. The highest BCUT2D eigenvalue weighted by Crippen LogP contribution is 2.36. The van der Waals surface area contributed by atoms with Gasteiger partial charge in [-0.3, -0.25) is 4.79 Å². The minimum Gasteiger partial charge on any atom is -0.443 e. The van der Waals surface area contributed by atoms with Crippen molar-refractivity contribution in [3.8, 4) is 0 Å². The van der Waals surface area contributed by atoms with Gasteiger partial charge in [0.25, 0.3) is 0 Å². The molecule has 1 aliphatic heterocycles. The SMILES string of the molecule is CC(C)(C)OC(=O)N1C(=O)[C@@H]2C[C@H]1CC[C@@H]2N. The van der Waals surface area contributed by atoms with Crippen LogP contribution in [0.1, 0.15) is 40.0 Å². The van der Waals surface area contributed by atoms with Crippen LogP contribution in [0, 0.1) is 5.92 Å². The number of ether oxygens (including phenoxy) is 1. The molecule has 5 heteroatoms. The highest BCUT2D eigenvalue weighted by Gasteiger charge is 2.49. The summed E-state index contributed by atoms with van der Waals surface area (Å²) in [4.78, 5) is 25.3. The maximum absolute atomic E-state index is 12.1. The topological polar surface area (TPSA) is 72.6 Å². The summed E-state index contributed by atoms with van der Waals surface area (Å²) < 4.78 is 5.26. The first-order valence-corrected chi connectivity index (χ1v) is 6.11. The quantitative estimate of drug-likeness (QED) is 0.692. The van der Waals surface area contributed by atoms with Crippen molar-refractivity contribution in [1.82, 2.24) is 4.90 Å². The number of fused-ring (bicyclic) bond motifs is 2. The Labute approximate surface area is 101 Å². The molecule has 2 aliphatic rings. The first-order chi connectivity index (χ1) is 7.79. The fourth-order valence-corrected chi connectivity index (χ4v) is 2.60. The summed E-state index contributed by atoms with van der Waals surface area (Å²) in [7, 11) is 0. The van der Waals surface area contributed by atoms with E-state index in [0.717, 1.165) is 12.8 Å². The summed E-state index contributed by atoms with van der Waals surface area (Å²) in [5, 5.41) is 0. The smallest absolute Gasteiger partial charge is 0.417 e. The zero-order valence-corrected chi connectivity index (χ0v) is 10.6. The summed E-state index contributed by atoms with van der Waals surface area (Å²) in [5.74, 6) is -0.351. The van der Waals surface area contributed by atoms with E-state index in [1.807, 2.05) is 0 Å². The molecule has 1 saturated heterocycles. The fourth-order valence-electron chi connectivity index (χ4n) is 2.60. The van der Waals surface area contributed by atoms with Gasteiger partial charge in [-0.25, -0.2) is 9.69 Å². The lowest BCUT2D eigenvalue weighted by Gasteiger charge is -2.27. The number of imide groups is 1. The van der Waals surface area contributed by atoms with Crippen LogP contribution in [0.25, 0.3) is 0 Å². The second kappa shape index (κ2) is 3.98. The molecular weight excluding hydrogens is 220 g/mol. The third kappa shape index (κ3) is 2.29. The van der Waals surface area contributed by atoms with Crippen molar-refractivity contribution < 1.29 is 14.3 Å². The predicted molar refractivity (Wildman–Crippen MR) is 62.2 cm³/mol. The molecule has 0 aromatic heterocycles. The Morgan fingerprint density at radius 1 is 1.41 bits per heavy atom. The fraction of sp³-hybridized carbons (Fsp3) is 0.833. The van der Waals surface area contributed by atoms with Gasteiger partial charge in [-0.1, -0.05) is 0 Å². The second-order valence-corrected chi connectivity index (χ2v) is 5.93. The van der Waals surface area contributed by atoms with Crippen molar-refractivity contribution in [2.45, 2.75) is 57.7 Å². The molecule has 17 heavy (non-hydrogen) atoms. The van der Waals surface area contributed by atoms with Gasteiger partial charge < -0.3 is 10.5 Å². The molecule has 0 aromatic carbocycles. The Morgan fingerprint density at radius 2 is 2.06 bits per heavy atom. The summed E-state index contributed by atoms with van der Waals surface area (Å²) in [5.41, 5.74) is 5.32. The van der Waals surface area contributed by atoms with E-state index in [2.05, 4.69) is 0 Å². The Hall–Kier alpha value is -1.10. The number of hydrogen-bond donors (Lipinski definition) is 1. The van der Waals surface area contributed by atoms with Crippen LogP contribution in [0.15, 0.2) is 0 Å². The Morgan fingerprint density at radius 3 is 2.59 bits per heavy atom. The van der Waals surface area contributed by atoms with Crippen molar-refractivity contribution >= 4 is 12.0 Å². The highest BCUT2D eigenvalue weighted by atomic mass is 16.6. The molecule has 0 spiro atoms. The lowest BCUT2D eigenvalue weighted by Crippen LogP contribution is -2.42. The normalized spacial score (nSPS) is 32.8. The predicted octanol–water partition coefficient (Wildman–Crippen LogP) is 1.26. The van der Waals surface area contributed by atoms with Crippen LogP contribution in [-0.2, 0) is 9.53 Å². The molecule has 0 aromatic rings. The zero-order chi connectivity index (χ0) is 12.8. The maximum atomic E-state index is 12.1. The van der Waals surface area contributed by atoms with Gasteiger partial charge in [0.2, 0.25) is 5.91 Å². The molecule has 1 aliphatic carbocycles. The van der Waals surface area contributed by atoms with Crippen LogP contribution in [0.3, 0.4) is 0 Å². The molecule has 0 unspecified atom stereocenters. The number of carbonyl (C=O) groups excluding carboxylic acids is 2. The van der Waals surface area contributed by atoms with Gasteiger partial charge in [-0.15, -0.1) is 0 Å². The number of hydrogen-bond acceptors (Lipinski definition) is 4. The number of amides is 2. The number of nitrogens with zero attached hydrogens (tertiary/aromatic N) is 1. The molecule has 2 amide bonds. The van der Waals surface area contributed by atoms with Crippen molar-refractivity contribution in [1.29, 1.82) is 0 Å². The molecule has 2 N–H and O–H groups in total. The van der Waals surface area contributed by atoms with Gasteiger partial charge in [0, 0.05) is 12.1 Å². The Bertz CT molecular complexity index is 348. The Balaban J connectivity index is 2.12. The van der Waals surface area contributed by atoms with Gasteiger partial charge in [-0.05, 0) is 40.0 Å². The van der Waals surface area contributed by atoms with E-state index < -0.39 is 11.7 Å². The Kier molecular flexibility index (Phi) is 2.89. The number of likely N-dealkylation sites (tertiary alicyclic amines) is 1. The first kappa shape index (κ1) is 12.4. The molecule has 1 heterocycles. The maximum Gasteiger partial charge on any atom is 0.417 e. The van der Waals surface area contributed by atoms with Crippen molar-refractivity contribution in [2.24, 2.45) is 11.7 Å². The van der Waals surface area contributed by atoms with Crippen LogP contribution in [0.5, 0.6) is 0 Å². The van der Waals surface area contributed by atoms with Crippen molar-refractivity contribution in [3.05, 3.63) is 0 Å². The van der Waals surface area contributed by atoms with E-state index in [-0.39, 0.29) is 23.9 Å². The van der Waals surface area contributed by atoms with Gasteiger partial charge >= 0.3 is 6.09 Å². The van der Waals surface area contributed by atoms with Crippen LogP contribution in [0.4, 0.5) is 4.79 Å². The van der Waals surface area contributed by atoms with Gasteiger partial charge in [0.1, 0.15) is 5.60 Å². The minimum atomic E-state index is -0.573. The van der Waals surface area contributed by atoms with Gasteiger partial charge in [-0.2, -0.15) is 0 Å². The number of nitrogens with two attached hydrogens (primary N) is 1. The summed E-state index contributed by atoms with van der Waals surface area (Å²) in [6, 6.07) is -0.117. The van der Waals surface area contributed by atoms with E-state index in [9.17, 15) is 9.59 Å². The molecule has 0 radical (unpaired) electrons. The van der Waals surface area contributed by atoms with Gasteiger partial charge in [0.15, 0.2) is 0 Å². The molecule has 96 valence electrons. The van der Waals surface area contributed by atoms with Crippen LogP contribution in [0.2, 0.25) is 0 Å². The third-order valence-electron chi connectivity index (χ3n) is 3.39. The largest absolute Gasteiger partial charge is 0.443 e. The van der Waals surface area contributed by atoms with E-state index in [1.165, 1.54) is 4.90 Å². The lowest BCUT2D eigenvalue weighted by molar-refractivity contribution is -0.130. The molecular formula is C12H20N2O3. The molecule has 3 atom stereocenters. The van der Waals surface area contributed by atoms with E-state index >= 15 is 0 Å². The third-order valence-corrected chi connectivity index (χ3v) is 3.39. The monoisotopic (exact) mass is 240 g/mol. The number of rotatable bonds is 0. The minimum absolute atomic E-state index is 0.0119.